The van der Waals surface area contributed by atoms with Crippen LogP contribution in [0.3, 0.4) is 0 Å². The molecule has 0 spiro atoms. The summed E-state index contributed by atoms with van der Waals surface area (Å²) in [6.07, 6.45) is 1.79. The van der Waals surface area contributed by atoms with Crippen LogP contribution >= 0.6 is 11.8 Å². The van der Waals surface area contributed by atoms with Crippen molar-refractivity contribution in [1.29, 1.82) is 0 Å². The van der Waals surface area contributed by atoms with Crippen molar-refractivity contribution in [1.82, 2.24) is 5.32 Å². The lowest BCUT2D eigenvalue weighted by atomic mass is 9.78. The number of nitrogens with zero attached hydrogens (tertiary/aromatic N) is 2. The third kappa shape index (κ3) is 5.19. The highest BCUT2D eigenvalue weighted by molar-refractivity contribution is 8.18. The van der Waals surface area contributed by atoms with Crippen LogP contribution in [0.25, 0.3) is 6.08 Å². The van der Waals surface area contributed by atoms with Crippen LogP contribution in [0.1, 0.15) is 58.2 Å². The van der Waals surface area contributed by atoms with Crippen molar-refractivity contribution < 1.29 is 14.8 Å². The van der Waals surface area contributed by atoms with Gasteiger partial charge in [-0.15, -0.1) is 0 Å². The molecule has 0 radical (unpaired) electrons. The Morgan fingerprint density at radius 3 is 2.03 bits per heavy atom. The molecule has 2 N–H and O–H groups in total. The molecule has 1 aliphatic rings. The topological polar surface area (TPSA) is 105 Å². The third-order valence-electron chi connectivity index (χ3n) is 4.99. The number of nitro groups is 1. The van der Waals surface area contributed by atoms with Crippen LogP contribution in [0.5, 0.6) is 5.75 Å². The Bertz CT molecular complexity index is 1100. The Kier molecular flexibility index (Phi) is 6.20. The summed E-state index contributed by atoms with van der Waals surface area (Å²) in [6.45, 7) is 12.2. The van der Waals surface area contributed by atoms with E-state index in [0.717, 1.165) is 16.7 Å². The van der Waals surface area contributed by atoms with E-state index < -0.39 is 4.92 Å². The van der Waals surface area contributed by atoms with Crippen LogP contribution < -0.4 is 5.32 Å². The number of non-ortho nitro benzene ring substituents is 1. The maximum absolute atomic E-state index is 12.5. The highest BCUT2D eigenvalue weighted by Crippen LogP contribution is 2.40. The van der Waals surface area contributed by atoms with Gasteiger partial charge in [0.2, 0.25) is 0 Å². The first-order valence-electron chi connectivity index (χ1n) is 10.2. The van der Waals surface area contributed by atoms with Gasteiger partial charge in [0.25, 0.3) is 11.6 Å². The molecule has 0 unspecified atom stereocenters. The molecule has 0 aliphatic carbocycles. The molecule has 7 nitrogen and oxygen atoms in total. The second-order valence-corrected chi connectivity index (χ2v) is 10.8. The quantitative estimate of drug-likeness (QED) is 0.348. The number of nitrogens with one attached hydrogen (secondary N) is 1. The number of hydrogen-bond donors (Lipinski definition) is 2. The number of phenolic OH excluding ortho intramolecular Hbond substituents is 1. The molecule has 32 heavy (non-hydrogen) atoms. The largest absolute Gasteiger partial charge is 0.507 e. The van der Waals surface area contributed by atoms with Crippen LogP contribution in [0.2, 0.25) is 0 Å². The molecule has 0 bridgehead atoms. The van der Waals surface area contributed by atoms with E-state index in [1.54, 1.807) is 6.08 Å². The smallest absolute Gasteiger partial charge is 0.269 e. The number of amidine groups is 1. The van der Waals surface area contributed by atoms with E-state index >= 15 is 0 Å². The number of aliphatic imine (C=N–C) groups is 1. The van der Waals surface area contributed by atoms with Crippen LogP contribution in [0.4, 0.5) is 11.4 Å². The highest BCUT2D eigenvalue weighted by Gasteiger charge is 2.28. The van der Waals surface area contributed by atoms with Gasteiger partial charge in [-0.05, 0) is 58.5 Å². The number of aromatic hydroxyl groups is 1. The van der Waals surface area contributed by atoms with E-state index in [1.165, 1.54) is 36.0 Å². The zero-order valence-electron chi connectivity index (χ0n) is 19.0. The van der Waals surface area contributed by atoms with Gasteiger partial charge in [-0.1, -0.05) is 41.5 Å². The minimum Gasteiger partial charge on any atom is -0.507 e. The first kappa shape index (κ1) is 23.5. The number of carbonyl (C=O) groups is 1. The number of amides is 1. The Hall–Kier alpha value is -3.13. The lowest BCUT2D eigenvalue weighted by molar-refractivity contribution is -0.384. The summed E-state index contributed by atoms with van der Waals surface area (Å²) < 4.78 is 0. The van der Waals surface area contributed by atoms with Crippen LogP contribution in [-0.2, 0) is 15.6 Å². The van der Waals surface area contributed by atoms with Gasteiger partial charge < -0.3 is 10.4 Å². The lowest BCUT2D eigenvalue weighted by Crippen LogP contribution is -2.19. The number of phenols is 1. The molecule has 168 valence electrons. The molecule has 2 aromatic carbocycles. The van der Waals surface area contributed by atoms with Crippen molar-refractivity contribution in [2.24, 2.45) is 4.99 Å². The normalized spacial score (nSPS) is 17.1. The summed E-state index contributed by atoms with van der Waals surface area (Å²) in [5.74, 6) is 0.0226. The number of rotatable bonds is 3. The minimum absolute atomic E-state index is 0.0192. The van der Waals surface area contributed by atoms with Crippen molar-refractivity contribution in [3.63, 3.8) is 0 Å². The highest BCUT2D eigenvalue weighted by atomic mass is 32.2. The first-order chi connectivity index (χ1) is 14.8. The van der Waals surface area contributed by atoms with E-state index in [9.17, 15) is 20.0 Å². The van der Waals surface area contributed by atoms with E-state index in [1.807, 2.05) is 53.7 Å². The van der Waals surface area contributed by atoms with Crippen molar-refractivity contribution in [2.45, 2.75) is 52.4 Å². The molecule has 1 saturated heterocycles. The van der Waals surface area contributed by atoms with Crippen molar-refractivity contribution in [3.8, 4) is 5.75 Å². The van der Waals surface area contributed by atoms with E-state index in [0.29, 0.717) is 15.8 Å². The summed E-state index contributed by atoms with van der Waals surface area (Å²) in [5, 5.41) is 24.8. The summed E-state index contributed by atoms with van der Waals surface area (Å²) >= 11 is 1.20. The maximum Gasteiger partial charge on any atom is 0.269 e. The molecule has 2 aromatic rings. The van der Waals surface area contributed by atoms with Gasteiger partial charge >= 0.3 is 0 Å². The molecule has 8 heteroatoms. The van der Waals surface area contributed by atoms with Crippen LogP contribution in [0, 0.1) is 10.1 Å². The monoisotopic (exact) mass is 453 g/mol. The fourth-order valence-corrected chi connectivity index (χ4v) is 4.12. The van der Waals surface area contributed by atoms with Gasteiger partial charge in [0.15, 0.2) is 5.17 Å². The average Bonchev–Trinajstić information content (AvgIpc) is 3.00. The van der Waals surface area contributed by atoms with Crippen molar-refractivity contribution >= 4 is 40.3 Å². The summed E-state index contributed by atoms with van der Waals surface area (Å²) in [4.78, 5) is 27.7. The fourth-order valence-electron chi connectivity index (χ4n) is 3.28. The molecule has 1 amide bonds. The van der Waals surface area contributed by atoms with Crippen LogP contribution in [-0.4, -0.2) is 21.1 Å². The van der Waals surface area contributed by atoms with E-state index in [2.05, 4.69) is 10.3 Å². The first-order valence-corrected chi connectivity index (χ1v) is 11.0. The van der Waals surface area contributed by atoms with Crippen molar-refractivity contribution in [2.75, 3.05) is 0 Å². The van der Waals surface area contributed by atoms with Gasteiger partial charge in [-0.2, -0.15) is 0 Å². The van der Waals surface area contributed by atoms with Gasteiger partial charge in [-0.3, -0.25) is 14.9 Å². The molecule has 1 heterocycles. The Morgan fingerprint density at radius 2 is 1.56 bits per heavy atom. The zero-order valence-corrected chi connectivity index (χ0v) is 19.8. The summed E-state index contributed by atoms with van der Waals surface area (Å²) in [7, 11) is 0. The molecular weight excluding hydrogens is 426 g/mol. The molecule has 1 aliphatic heterocycles. The third-order valence-corrected chi connectivity index (χ3v) is 5.90. The second kappa shape index (κ2) is 8.43. The molecule has 0 aromatic heterocycles. The molecule has 0 saturated carbocycles. The second-order valence-electron chi connectivity index (χ2n) is 9.72. The van der Waals surface area contributed by atoms with E-state index in [4.69, 9.17) is 0 Å². The van der Waals surface area contributed by atoms with Gasteiger partial charge in [0.1, 0.15) is 5.75 Å². The number of carbonyl (C=O) groups excluding carboxylic acids is 1. The molecule has 1 fully saturated rings. The standard InChI is InChI=1S/C24H27N3O4S/c1-23(2,3)17-11-14(12-18(20(17)28)24(4,5)6)13-19-21(29)26-22(32-19)25-15-7-9-16(10-8-15)27(30)31/h7-13,28H,1-6H3,(H,25,26,29)/b19-13-. The fraction of sp³-hybridized carbons (Fsp3) is 0.333. The Morgan fingerprint density at radius 1 is 1.03 bits per heavy atom. The van der Waals surface area contributed by atoms with Crippen molar-refractivity contribution in [3.05, 3.63) is 68.1 Å². The number of nitro benzene ring substituents is 1. The van der Waals surface area contributed by atoms with Gasteiger partial charge in [0.05, 0.1) is 15.5 Å². The maximum atomic E-state index is 12.5. The summed E-state index contributed by atoms with van der Waals surface area (Å²) in [6, 6.07) is 9.63. The zero-order chi connectivity index (χ0) is 23.8. The summed E-state index contributed by atoms with van der Waals surface area (Å²) in [5.41, 5.74) is 2.41. The Balaban J connectivity index is 1.96. The SMILES string of the molecule is CC(C)(C)c1cc(/C=C2\SC(=Nc3ccc([N+](=O)[O-])cc3)NC2=O)cc(C(C)(C)C)c1O. The van der Waals surface area contributed by atoms with Crippen LogP contribution in [0.15, 0.2) is 46.3 Å². The minimum atomic E-state index is -0.473. The number of hydrogen-bond acceptors (Lipinski definition) is 6. The molecule has 3 rings (SSSR count). The Labute approximate surface area is 191 Å². The lowest BCUT2D eigenvalue weighted by Gasteiger charge is -2.28. The van der Waals surface area contributed by atoms with Gasteiger partial charge in [0, 0.05) is 23.3 Å². The van der Waals surface area contributed by atoms with Gasteiger partial charge in [-0.25, -0.2) is 4.99 Å². The number of thioether (sulfide) groups is 1. The average molecular weight is 454 g/mol. The molecule has 0 atom stereocenters. The molecular formula is C24H27N3O4S. The van der Waals surface area contributed by atoms with E-state index in [-0.39, 0.29) is 28.2 Å². The predicted octanol–water partition coefficient (Wildman–Crippen LogP) is 5.79. The number of benzene rings is 2. The predicted molar refractivity (Wildman–Crippen MR) is 129 cm³/mol.